The highest BCUT2D eigenvalue weighted by molar-refractivity contribution is 5.79. The molecular weight excluding hydrogens is 286 g/mol. The zero-order valence-corrected chi connectivity index (χ0v) is 13.4. The average Bonchev–Trinajstić information content (AvgIpc) is 3.02. The number of hydrogen-bond donors (Lipinski definition) is 1. The van der Waals surface area contributed by atoms with Gasteiger partial charge in [0.1, 0.15) is 5.82 Å². The molecule has 1 aromatic heterocycles. The summed E-state index contributed by atoms with van der Waals surface area (Å²) in [6.07, 6.45) is 11.2. The third kappa shape index (κ3) is 3.16. The van der Waals surface area contributed by atoms with Crippen molar-refractivity contribution in [3.63, 3.8) is 0 Å². The molecular formula is C19H23N3O. The van der Waals surface area contributed by atoms with Crippen molar-refractivity contribution < 1.29 is 4.79 Å². The lowest BCUT2D eigenvalue weighted by molar-refractivity contribution is -0.121. The molecule has 0 saturated carbocycles. The van der Waals surface area contributed by atoms with Crippen LogP contribution in [-0.2, 0) is 37.0 Å². The molecule has 2 aliphatic rings. The molecule has 1 aliphatic carbocycles. The van der Waals surface area contributed by atoms with Crippen molar-refractivity contribution in [2.24, 2.45) is 0 Å². The second kappa shape index (κ2) is 6.19. The molecule has 4 rings (SSSR count). The summed E-state index contributed by atoms with van der Waals surface area (Å²) < 4.78 is 2.15. The molecule has 1 aliphatic heterocycles. The van der Waals surface area contributed by atoms with E-state index < -0.39 is 0 Å². The molecule has 0 saturated heterocycles. The van der Waals surface area contributed by atoms with Crippen LogP contribution in [0.2, 0.25) is 0 Å². The van der Waals surface area contributed by atoms with E-state index in [0.29, 0.717) is 6.42 Å². The maximum Gasteiger partial charge on any atom is 0.224 e. The van der Waals surface area contributed by atoms with Gasteiger partial charge in [-0.2, -0.15) is 0 Å². The van der Waals surface area contributed by atoms with Crippen molar-refractivity contribution in [3.8, 4) is 0 Å². The van der Waals surface area contributed by atoms with E-state index in [0.717, 1.165) is 37.2 Å². The van der Waals surface area contributed by atoms with Crippen LogP contribution in [0.25, 0.3) is 0 Å². The number of aryl methyl sites for hydroxylation is 3. The van der Waals surface area contributed by atoms with Gasteiger partial charge in [0, 0.05) is 31.4 Å². The molecule has 4 heteroatoms. The number of carbonyl (C=O) groups is 1. The molecule has 0 fully saturated rings. The van der Waals surface area contributed by atoms with E-state index in [-0.39, 0.29) is 11.9 Å². The van der Waals surface area contributed by atoms with Gasteiger partial charge in [-0.15, -0.1) is 0 Å². The Morgan fingerprint density at radius 1 is 1.22 bits per heavy atom. The van der Waals surface area contributed by atoms with Crippen LogP contribution in [-0.4, -0.2) is 21.5 Å². The fourth-order valence-electron chi connectivity index (χ4n) is 3.85. The zero-order chi connectivity index (χ0) is 15.6. The van der Waals surface area contributed by atoms with Gasteiger partial charge in [-0.25, -0.2) is 4.98 Å². The molecule has 4 nitrogen and oxygen atoms in total. The molecule has 1 aromatic carbocycles. The number of hydrogen-bond acceptors (Lipinski definition) is 2. The Kier molecular flexibility index (Phi) is 3.90. The van der Waals surface area contributed by atoms with E-state index in [1.54, 1.807) is 0 Å². The fraction of sp³-hybridized carbons (Fsp3) is 0.474. The number of benzene rings is 1. The van der Waals surface area contributed by atoms with E-state index in [1.807, 2.05) is 12.4 Å². The van der Waals surface area contributed by atoms with Crippen molar-refractivity contribution in [2.45, 2.75) is 57.5 Å². The molecule has 1 amide bonds. The quantitative estimate of drug-likeness (QED) is 0.946. The van der Waals surface area contributed by atoms with Crippen molar-refractivity contribution in [3.05, 3.63) is 53.1 Å². The summed E-state index contributed by atoms with van der Waals surface area (Å²) in [5.74, 6) is 1.26. The first kappa shape index (κ1) is 14.5. The predicted octanol–water partition coefficient (Wildman–Crippen LogP) is 2.44. The fourth-order valence-corrected chi connectivity index (χ4v) is 3.85. The predicted molar refractivity (Wildman–Crippen MR) is 89.3 cm³/mol. The summed E-state index contributed by atoms with van der Waals surface area (Å²) in [4.78, 5) is 16.7. The Morgan fingerprint density at radius 3 is 3.00 bits per heavy atom. The first-order chi connectivity index (χ1) is 11.3. The van der Waals surface area contributed by atoms with Gasteiger partial charge in [0.05, 0.1) is 6.42 Å². The third-order valence-electron chi connectivity index (χ3n) is 5.08. The molecule has 2 heterocycles. The minimum Gasteiger partial charge on any atom is -0.351 e. The Bertz CT molecular complexity index is 719. The van der Waals surface area contributed by atoms with Gasteiger partial charge in [-0.05, 0) is 48.8 Å². The minimum absolute atomic E-state index is 0.134. The summed E-state index contributed by atoms with van der Waals surface area (Å²) in [7, 11) is 0. The average molecular weight is 309 g/mol. The van der Waals surface area contributed by atoms with Crippen LogP contribution in [0, 0.1) is 0 Å². The second-order valence-corrected chi connectivity index (χ2v) is 6.79. The van der Waals surface area contributed by atoms with Crippen molar-refractivity contribution in [2.75, 3.05) is 0 Å². The molecule has 0 bridgehead atoms. The van der Waals surface area contributed by atoms with Gasteiger partial charge in [0.25, 0.3) is 0 Å². The number of amides is 1. The summed E-state index contributed by atoms with van der Waals surface area (Å²) in [6, 6.07) is 6.80. The van der Waals surface area contributed by atoms with Crippen LogP contribution in [0.5, 0.6) is 0 Å². The Morgan fingerprint density at radius 2 is 2.09 bits per heavy atom. The van der Waals surface area contributed by atoms with Crippen LogP contribution >= 0.6 is 0 Å². The van der Waals surface area contributed by atoms with Crippen LogP contribution in [0.1, 0.15) is 41.8 Å². The van der Waals surface area contributed by atoms with Crippen LogP contribution in [0.4, 0.5) is 0 Å². The maximum absolute atomic E-state index is 12.4. The third-order valence-corrected chi connectivity index (χ3v) is 5.08. The Hall–Kier alpha value is -2.10. The van der Waals surface area contributed by atoms with Crippen LogP contribution < -0.4 is 5.32 Å². The highest BCUT2D eigenvalue weighted by Gasteiger charge is 2.20. The van der Waals surface area contributed by atoms with Gasteiger partial charge in [0.2, 0.25) is 5.91 Å². The molecule has 1 N–H and O–H groups in total. The van der Waals surface area contributed by atoms with Gasteiger partial charge < -0.3 is 9.88 Å². The standard InChI is InChI=1S/C19H23N3O/c23-19(21-17-7-8-18-20-9-10-22(18)13-17)12-14-5-6-15-3-1-2-4-16(15)11-14/h5-6,9-11,17H,1-4,7-8,12-13H2,(H,21,23)/t17-/m0/s1. The zero-order valence-electron chi connectivity index (χ0n) is 13.4. The number of nitrogens with zero attached hydrogens (tertiary/aromatic N) is 2. The number of aromatic nitrogens is 2. The van der Waals surface area contributed by atoms with Crippen molar-refractivity contribution in [1.29, 1.82) is 0 Å². The van der Waals surface area contributed by atoms with Crippen LogP contribution in [0.3, 0.4) is 0 Å². The number of carbonyl (C=O) groups excluding carboxylic acids is 1. The Balaban J connectivity index is 1.37. The molecule has 0 spiro atoms. The minimum atomic E-state index is 0.134. The smallest absolute Gasteiger partial charge is 0.224 e. The highest BCUT2D eigenvalue weighted by atomic mass is 16.1. The number of nitrogens with one attached hydrogen (secondary N) is 1. The lowest BCUT2D eigenvalue weighted by Gasteiger charge is -2.25. The molecule has 120 valence electrons. The molecule has 0 radical (unpaired) electrons. The molecule has 1 atom stereocenters. The van der Waals surface area contributed by atoms with Crippen LogP contribution in [0.15, 0.2) is 30.6 Å². The van der Waals surface area contributed by atoms with Gasteiger partial charge in [-0.3, -0.25) is 4.79 Å². The van der Waals surface area contributed by atoms with Gasteiger partial charge in [0.15, 0.2) is 0 Å². The van der Waals surface area contributed by atoms with Gasteiger partial charge in [-0.1, -0.05) is 18.2 Å². The topological polar surface area (TPSA) is 46.9 Å². The summed E-state index contributed by atoms with van der Waals surface area (Å²) in [5, 5.41) is 3.19. The number of imidazole rings is 1. The van der Waals surface area contributed by atoms with E-state index in [9.17, 15) is 4.79 Å². The van der Waals surface area contributed by atoms with Crippen molar-refractivity contribution >= 4 is 5.91 Å². The second-order valence-electron chi connectivity index (χ2n) is 6.79. The van der Waals surface area contributed by atoms with E-state index in [2.05, 4.69) is 33.1 Å². The monoisotopic (exact) mass is 309 g/mol. The largest absolute Gasteiger partial charge is 0.351 e. The van der Waals surface area contributed by atoms with E-state index in [1.165, 1.54) is 30.4 Å². The molecule has 23 heavy (non-hydrogen) atoms. The number of fused-ring (bicyclic) bond motifs is 2. The SMILES string of the molecule is O=C(Cc1ccc2c(c1)CCCC2)N[C@H]1CCc2nccn2C1. The molecule has 2 aromatic rings. The lowest BCUT2D eigenvalue weighted by atomic mass is 9.90. The van der Waals surface area contributed by atoms with E-state index >= 15 is 0 Å². The van der Waals surface area contributed by atoms with Crippen molar-refractivity contribution in [1.82, 2.24) is 14.9 Å². The Labute approximate surface area is 136 Å². The summed E-state index contributed by atoms with van der Waals surface area (Å²) in [6.45, 7) is 0.839. The highest BCUT2D eigenvalue weighted by Crippen LogP contribution is 2.22. The summed E-state index contributed by atoms with van der Waals surface area (Å²) in [5.41, 5.74) is 4.06. The maximum atomic E-state index is 12.4. The number of rotatable bonds is 3. The summed E-state index contributed by atoms with van der Waals surface area (Å²) >= 11 is 0. The first-order valence-electron chi connectivity index (χ1n) is 8.68. The lowest BCUT2D eigenvalue weighted by Crippen LogP contribution is -2.41. The first-order valence-corrected chi connectivity index (χ1v) is 8.68. The molecule has 0 unspecified atom stereocenters. The van der Waals surface area contributed by atoms with E-state index in [4.69, 9.17) is 0 Å². The van der Waals surface area contributed by atoms with Gasteiger partial charge >= 0.3 is 0 Å². The normalized spacial score (nSPS) is 19.7.